The zero-order valence-electron chi connectivity index (χ0n) is 9.86. The van der Waals surface area contributed by atoms with Crippen molar-refractivity contribution in [1.29, 1.82) is 0 Å². The predicted octanol–water partition coefficient (Wildman–Crippen LogP) is 1.74. The summed E-state index contributed by atoms with van der Waals surface area (Å²) in [5.74, 6) is 0.766. The molecule has 0 radical (unpaired) electrons. The van der Waals surface area contributed by atoms with Gasteiger partial charge in [0.25, 0.3) is 0 Å². The first-order valence-corrected chi connectivity index (χ1v) is 6.43. The maximum absolute atomic E-state index is 5.79. The van der Waals surface area contributed by atoms with Crippen LogP contribution in [0.25, 0.3) is 0 Å². The number of ether oxygens (including phenoxy) is 2. The molecule has 1 fully saturated rings. The average Bonchev–Trinajstić information content (AvgIpc) is 2.31. The van der Waals surface area contributed by atoms with E-state index in [4.69, 9.17) is 15.2 Å². The molecule has 1 aliphatic heterocycles. The van der Waals surface area contributed by atoms with Crippen LogP contribution in [0.4, 0.5) is 5.69 Å². The molecule has 1 aromatic carbocycles. The van der Waals surface area contributed by atoms with Gasteiger partial charge in [-0.15, -0.1) is 0 Å². The molecule has 17 heavy (non-hydrogen) atoms. The van der Waals surface area contributed by atoms with Crippen molar-refractivity contribution in [2.24, 2.45) is 0 Å². The van der Waals surface area contributed by atoms with Crippen LogP contribution in [0.15, 0.2) is 22.7 Å². The third kappa shape index (κ3) is 3.34. The Labute approximate surface area is 110 Å². The Hall–Kier alpha value is -0.780. The lowest BCUT2D eigenvalue weighted by atomic mass is 10.3. The van der Waals surface area contributed by atoms with Gasteiger partial charge in [-0.1, -0.05) is 6.07 Å². The number of nitrogens with zero attached hydrogens (tertiary/aromatic N) is 1. The van der Waals surface area contributed by atoms with Gasteiger partial charge in [0.15, 0.2) is 0 Å². The van der Waals surface area contributed by atoms with E-state index < -0.39 is 0 Å². The second kappa shape index (κ2) is 5.71. The van der Waals surface area contributed by atoms with Crippen LogP contribution in [0.3, 0.4) is 0 Å². The molecule has 0 spiro atoms. The standard InChI is InChI=1S/C12H17BrN2O2/c1-15-5-6-16-9(7-15)8-17-11-4-2-3-10(14)12(11)13/h2-4,9H,5-8,14H2,1H3. The highest BCUT2D eigenvalue weighted by molar-refractivity contribution is 9.10. The van der Waals surface area contributed by atoms with E-state index in [2.05, 4.69) is 27.9 Å². The highest BCUT2D eigenvalue weighted by Crippen LogP contribution is 2.30. The number of nitrogens with two attached hydrogens (primary N) is 1. The smallest absolute Gasteiger partial charge is 0.135 e. The summed E-state index contributed by atoms with van der Waals surface area (Å²) < 4.78 is 12.2. The minimum atomic E-state index is 0.127. The minimum absolute atomic E-state index is 0.127. The zero-order chi connectivity index (χ0) is 12.3. The normalized spacial score (nSPS) is 21.4. The van der Waals surface area contributed by atoms with E-state index in [0.717, 1.165) is 29.9 Å². The van der Waals surface area contributed by atoms with Gasteiger partial charge in [0, 0.05) is 18.8 Å². The lowest BCUT2D eigenvalue weighted by Gasteiger charge is -2.29. The van der Waals surface area contributed by atoms with Gasteiger partial charge < -0.3 is 20.1 Å². The SMILES string of the molecule is CN1CCOC(COc2cccc(N)c2Br)C1. The van der Waals surface area contributed by atoms with E-state index in [1.165, 1.54) is 0 Å². The van der Waals surface area contributed by atoms with Crippen molar-refractivity contribution in [3.8, 4) is 5.75 Å². The Morgan fingerprint density at radius 2 is 2.41 bits per heavy atom. The molecule has 2 rings (SSSR count). The third-order valence-electron chi connectivity index (χ3n) is 2.76. The van der Waals surface area contributed by atoms with E-state index in [1.54, 1.807) is 0 Å². The summed E-state index contributed by atoms with van der Waals surface area (Å²) >= 11 is 3.42. The first kappa shape index (κ1) is 12.7. The molecule has 0 bridgehead atoms. The van der Waals surface area contributed by atoms with Crippen molar-refractivity contribution in [2.45, 2.75) is 6.10 Å². The van der Waals surface area contributed by atoms with Crippen molar-refractivity contribution < 1.29 is 9.47 Å². The number of nitrogen functional groups attached to an aromatic ring is 1. The molecular weight excluding hydrogens is 284 g/mol. The first-order valence-electron chi connectivity index (χ1n) is 5.64. The van der Waals surface area contributed by atoms with Crippen molar-refractivity contribution >= 4 is 21.6 Å². The summed E-state index contributed by atoms with van der Waals surface area (Å²) in [6.45, 7) is 3.20. The summed E-state index contributed by atoms with van der Waals surface area (Å²) in [4.78, 5) is 2.24. The highest BCUT2D eigenvalue weighted by atomic mass is 79.9. The molecule has 0 aliphatic carbocycles. The maximum atomic E-state index is 5.79. The molecule has 5 heteroatoms. The molecular formula is C12H17BrN2O2. The Balaban J connectivity index is 1.91. The molecule has 94 valence electrons. The van der Waals surface area contributed by atoms with Crippen LogP contribution in [-0.2, 0) is 4.74 Å². The van der Waals surface area contributed by atoms with Crippen LogP contribution in [0.5, 0.6) is 5.75 Å². The molecule has 1 heterocycles. The zero-order valence-corrected chi connectivity index (χ0v) is 11.4. The van der Waals surface area contributed by atoms with E-state index >= 15 is 0 Å². The average molecular weight is 301 g/mol. The van der Waals surface area contributed by atoms with Gasteiger partial charge >= 0.3 is 0 Å². The number of halogens is 1. The van der Waals surface area contributed by atoms with Gasteiger partial charge in [-0.3, -0.25) is 0 Å². The Morgan fingerprint density at radius 3 is 3.18 bits per heavy atom. The van der Waals surface area contributed by atoms with Crippen LogP contribution >= 0.6 is 15.9 Å². The minimum Gasteiger partial charge on any atom is -0.490 e. The van der Waals surface area contributed by atoms with E-state index in [-0.39, 0.29) is 6.10 Å². The van der Waals surface area contributed by atoms with Gasteiger partial charge in [-0.05, 0) is 35.1 Å². The number of hydrogen-bond donors (Lipinski definition) is 1. The van der Waals surface area contributed by atoms with Crippen LogP contribution in [0, 0.1) is 0 Å². The van der Waals surface area contributed by atoms with E-state index in [1.807, 2.05) is 18.2 Å². The summed E-state index contributed by atoms with van der Waals surface area (Å²) in [6, 6.07) is 5.61. The Kier molecular flexibility index (Phi) is 4.25. The van der Waals surface area contributed by atoms with Crippen LogP contribution in [0.2, 0.25) is 0 Å². The Bertz CT molecular complexity index is 387. The second-order valence-corrected chi connectivity index (χ2v) is 5.02. The van der Waals surface area contributed by atoms with Gasteiger partial charge in [0.2, 0.25) is 0 Å². The van der Waals surface area contributed by atoms with E-state index in [0.29, 0.717) is 12.3 Å². The first-order chi connectivity index (χ1) is 8.16. The summed E-state index contributed by atoms with van der Waals surface area (Å²) in [6.07, 6.45) is 0.127. The lowest BCUT2D eigenvalue weighted by Crippen LogP contribution is -2.42. The maximum Gasteiger partial charge on any atom is 0.135 e. The summed E-state index contributed by atoms with van der Waals surface area (Å²) in [5.41, 5.74) is 6.47. The Morgan fingerprint density at radius 1 is 1.59 bits per heavy atom. The molecule has 0 amide bonds. The molecule has 1 unspecified atom stereocenters. The van der Waals surface area contributed by atoms with E-state index in [9.17, 15) is 0 Å². The van der Waals surface area contributed by atoms with Crippen LogP contribution in [0.1, 0.15) is 0 Å². The predicted molar refractivity (Wildman–Crippen MR) is 71.3 cm³/mol. The topological polar surface area (TPSA) is 47.7 Å². The van der Waals surface area contributed by atoms with Gasteiger partial charge in [0.1, 0.15) is 18.5 Å². The fraction of sp³-hybridized carbons (Fsp3) is 0.500. The number of hydrogen-bond acceptors (Lipinski definition) is 4. The fourth-order valence-electron chi connectivity index (χ4n) is 1.79. The lowest BCUT2D eigenvalue weighted by molar-refractivity contribution is -0.0404. The molecule has 1 saturated heterocycles. The fourth-order valence-corrected chi connectivity index (χ4v) is 2.17. The van der Waals surface area contributed by atoms with Crippen molar-refractivity contribution in [3.05, 3.63) is 22.7 Å². The van der Waals surface area contributed by atoms with Crippen LogP contribution in [-0.4, -0.2) is 44.4 Å². The van der Waals surface area contributed by atoms with Gasteiger partial charge in [-0.25, -0.2) is 0 Å². The quantitative estimate of drug-likeness (QED) is 0.864. The van der Waals surface area contributed by atoms with Crippen molar-refractivity contribution in [2.75, 3.05) is 39.1 Å². The second-order valence-electron chi connectivity index (χ2n) is 4.23. The number of morpholine rings is 1. The molecule has 1 aromatic rings. The highest BCUT2D eigenvalue weighted by Gasteiger charge is 2.18. The third-order valence-corrected chi connectivity index (χ3v) is 3.61. The molecule has 0 aromatic heterocycles. The molecule has 2 N–H and O–H groups in total. The van der Waals surface area contributed by atoms with Crippen molar-refractivity contribution in [3.63, 3.8) is 0 Å². The number of anilines is 1. The van der Waals surface area contributed by atoms with Gasteiger partial charge in [-0.2, -0.15) is 0 Å². The largest absolute Gasteiger partial charge is 0.490 e. The summed E-state index contributed by atoms with van der Waals surface area (Å²) in [5, 5.41) is 0. The molecule has 1 aliphatic rings. The number of benzene rings is 1. The molecule has 0 saturated carbocycles. The monoisotopic (exact) mass is 300 g/mol. The van der Waals surface area contributed by atoms with Gasteiger partial charge in [0.05, 0.1) is 11.1 Å². The molecule has 1 atom stereocenters. The number of likely N-dealkylation sites (N-methyl/N-ethyl adjacent to an activating group) is 1. The van der Waals surface area contributed by atoms with Crippen LogP contribution < -0.4 is 10.5 Å². The number of rotatable bonds is 3. The summed E-state index contributed by atoms with van der Waals surface area (Å²) in [7, 11) is 2.09. The van der Waals surface area contributed by atoms with Crippen molar-refractivity contribution in [1.82, 2.24) is 4.90 Å². The molecule has 4 nitrogen and oxygen atoms in total.